The van der Waals surface area contributed by atoms with Gasteiger partial charge < -0.3 is 4.74 Å². The maximum atomic E-state index is 11.9. The minimum atomic E-state index is -0.218. The highest BCUT2D eigenvalue weighted by Gasteiger charge is 2.12. The van der Waals surface area contributed by atoms with Crippen molar-refractivity contribution in [1.82, 2.24) is 0 Å². The third-order valence-electron chi connectivity index (χ3n) is 8.16. The fourth-order valence-corrected chi connectivity index (χ4v) is 5.48. The summed E-state index contributed by atoms with van der Waals surface area (Å²) in [5.74, 6) is 1.17. The molecular weight excluding hydrogens is 464 g/mol. The van der Waals surface area contributed by atoms with E-state index in [0.717, 1.165) is 5.92 Å². The van der Waals surface area contributed by atoms with Crippen molar-refractivity contribution in [3.8, 4) is 0 Å². The summed E-state index contributed by atoms with van der Waals surface area (Å²) in [7, 11) is 0. The van der Waals surface area contributed by atoms with E-state index in [1.54, 1.807) is 6.92 Å². The Hall–Kier alpha value is -0.790. The zero-order valence-corrected chi connectivity index (χ0v) is 26.8. The first-order chi connectivity index (χ1) is 18.5. The Morgan fingerprint density at radius 3 is 1.18 bits per heavy atom. The second-order valence-corrected chi connectivity index (χ2v) is 12.8. The molecule has 0 aliphatic heterocycles. The van der Waals surface area contributed by atoms with Crippen LogP contribution in [0.15, 0.2) is 12.2 Å². The van der Waals surface area contributed by atoms with Gasteiger partial charge in [0.1, 0.15) is 0 Å². The van der Waals surface area contributed by atoms with E-state index in [1.807, 2.05) is 0 Å². The summed E-state index contributed by atoms with van der Waals surface area (Å²) < 4.78 is 5.55. The Morgan fingerprint density at radius 2 is 0.868 bits per heavy atom. The number of hydrogen-bond acceptors (Lipinski definition) is 2. The van der Waals surface area contributed by atoms with E-state index in [1.165, 1.54) is 167 Å². The van der Waals surface area contributed by atoms with E-state index in [-0.39, 0.29) is 5.97 Å². The molecule has 0 radical (unpaired) electrons. The van der Waals surface area contributed by atoms with Gasteiger partial charge in [0, 0.05) is 5.57 Å². The fraction of sp³-hybridized carbons (Fsp3) is 0.917. The molecule has 0 aromatic heterocycles. The summed E-state index contributed by atoms with van der Waals surface area (Å²) in [5.41, 5.74) is 0.518. The van der Waals surface area contributed by atoms with Crippen LogP contribution in [0, 0.1) is 11.8 Å². The Labute approximate surface area is 240 Å². The molecule has 2 nitrogen and oxygen atoms in total. The van der Waals surface area contributed by atoms with Gasteiger partial charge in [-0.05, 0) is 31.6 Å². The van der Waals surface area contributed by atoms with Crippen molar-refractivity contribution in [2.75, 3.05) is 6.61 Å². The van der Waals surface area contributed by atoms with E-state index in [9.17, 15) is 4.79 Å². The van der Waals surface area contributed by atoms with Crippen LogP contribution in [-0.4, -0.2) is 12.6 Å². The highest BCUT2D eigenvalue weighted by atomic mass is 16.5. The summed E-state index contributed by atoms with van der Waals surface area (Å²) in [4.78, 5) is 11.9. The molecule has 0 amide bonds. The largest absolute Gasteiger partial charge is 0.462 e. The predicted molar refractivity (Wildman–Crippen MR) is 170 cm³/mol. The SMILES string of the molecule is C=C(C)C(=O)OCC(CCCCCCCCCCCCCCCC)CCCCCCCCCCCC(C)C. The van der Waals surface area contributed by atoms with Crippen molar-refractivity contribution in [3.63, 3.8) is 0 Å². The average Bonchev–Trinajstić information content (AvgIpc) is 2.89. The van der Waals surface area contributed by atoms with Gasteiger partial charge in [-0.15, -0.1) is 0 Å². The number of carbonyl (C=O) groups excluding carboxylic acids is 1. The van der Waals surface area contributed by atoms with Crippen LogP contribution in [0.1, 0.15) is 195 Å². The molecule has 0 saturated heterocycles. The lowest BCUT2D eigenvalue weighted by molar-refractivity contribution is -0.140. The van der Waals surface area contributed by atoms with Gasteiger partial charge in [0.15, 0.2) is 0 Å². The molecule has 0 aliphatic carbocycles. The van der Waals surface area contributed by atoms with Crippen molar-refractivity contribution in [2.45, 2.75) is 195 Å². The summed E-state index contributed by atoms with van der Waals surface area (Å²) in [6.07, 6.45) is 35.8. The zero-order valence-electron chi connectivity index (χ0n) is 26.8. The van der Waals surface area contributed by atoms with Gasteiger partial charge in [-0.25, -0.2) is 4.79 Å². The van der Waals surface area contributed by atoms with E-state index in [4.69, 9.17) is 4.74 Å². The maximum absolute atomic E-state index is 11.9. The van der Waals surface area contributed by atoms with Gasteiger partial charge in [-0.3, -0.25) is 0 Å². The van der Waals surface area contributed by atoms with Crippen LogP contribution in [0.25, 0.3) is 0 Å². The first kappa shape index (κ1) is 37.2. The van der Waals surface area contributed by atoms with Crippen LogP contribution in [0.5, 0.6) is 0 Å². The molecule has 0 bridgehead atoms. The lowest BCUT2D eigenvalue weighted by Crippen LogP contribution is -2.15. The van der Waals surface area contributed by atoms with Gasteiger partial charge in [0.25, 0.3) is 0 Å². The minimum Gasteiger partial charge on any atom is -0.462 e. The van der Waals surface area contributed by atoms with Crippen molar-refractivity contribution >= 4 is 5.97 Å². The molecule has 0 N–H and O–H groups in total. The first-order valence-electron chi connectivity index (χ1n) is 17.3. The van der Waals surface area contributed by atoms with Gasteiger partial charge in [0.2, 0.25) is 0 Å². The van der Waals surface area contributed by atoms with E-state index < -0.39 is 0 Å². The van der Waals surface area contributed by atoms with Crippen molar-refractivity contribution in [2.24, 2.45) is 11.8 Å². The molecule has 0 heterocycles. The lowest BCUT2D eigenvalue weighted by Gasteiger charge is -2.17. The van der Waals surface area contributed by atoms with E-state index >= 15 is 0 Å². The van der Waals surface area contributed by atoms with Crippen LogP contribution in [0.4, 0.5) is 0 Å². The molecule has 226 valence electrons. The smallest absolute Gasteiger partial charge is 0.333 e. The van der Waals surface area contributed by atoms with Gasteiger partial charge in [-0.1, -0.05) is 181 Å². The molecule has 2 heteroatoms. The second-order valence-electron chi connectivity index (χ2n) is 12.8. The average molecular weight is 535 g/mol. The molecule has 0 aromatic carbocycles. The maximum Gasteiger partial charge on any atom is 0.333 e. The predicted octanol–water partition coefficient (Wildman–Crippen LogP) is 12.5. The van der Waals surface area contributed by atoms with Crippen LogP contribution in [0.2, 0.25) is 0 Å². The van der Waals surface area contributed by atoms with Crippen LogP contribution < -0.4 is 0 Å². The summed E-state index contributed by atoms with van der Waals surface area (Å²) in [6.45, 7) is 13.0. The fourth-order valence-electron chi connectivity index (χ4n) is 5.48. The van der Waals surface area contributed by atoms with Gasteiger partial charge in [0.05, 0.1) is 6.61 Å². The van der Waals surface area contributed by atoms with Crippen LogP contribution in [-0.2, 0) is 9.53 Å². The van der Waals surface area contributed by atoms with E-state index in [0.29, 0.717) is 18.1 Å². The third kappa shape index (κ3) is 28.2. The number of esters is 1. The van der Waals surface area contributed by atoms with Crippen molar-refractivity contribution in [3.05, 3.63) is 12.2 Å². The number of ether oxygens (including phenoxy) is 1. The Bertz CT molecular complexity index is 509. The number of unbranched alkanes of at least 4 members (excludes halogenated alkanes) is 21. The molecule has 0 aliphatic rings. The van der Waals surface area contributed by atoms with Crippen molar-refractivity contribution < 1.29 is 9.53 Å². The number of carbonyl (C=O) groups is 1. The third-order valence-corrected chi connectivity index (χ3v) is 8.16. The summed E-state index contributed by atoms with van der Waals surface area (Å²) >= 11 is 0. The van der Waals surface area contributed by atoms with Gasteiger partial charge >= 0.3 is 5.97 Å². The number of hydrogen-bond donors (Lipinski definition) is 0. The quantitative estimate of drug-likeness (QED) is 0.0520. The summed E-state index contributed by atoms with van der Waals surface area (Å²) in [6, 6.07) is 0. The Balaban J connectivity index is 3.80. The molecule has 0 rings (SSSR count). The zero-order chi connectivity index (χ0) is 28.1. The molecule has 0 spiro atoms. The molecule has 1 atom stereocenters. The van der Waals surface area contributed by atoms with Crippen LogP contribution >= 0.6 is 0 Å². The highest BCUT2D eigenvalue weighted by molar-refractivity contribution is 5.86. The molecule has 1 unspecified atom stereocenters. The Kier molecular flexibility index (Phi) is 28.6. The topological polar surface area (TPSA) is 26.3 Å². The molecular formula is C36H70O2. The first-order valence-corrected chi connectivity index (χ1v) is 17.3. The lowest BCUT2D eigenvalue weighted by atomic mass is 9.94. The molecule has 0 aromatic rings. The second kappa shape index (κ2) is 29.2. The summed E-state index contributed by atoms with van der Waals surface area (Å²) in [5, 5.41) is 0. The normalized spacial score (nSPS) is 12.2. The molecule has 0 saturated carbocycles. The molecule has 0 fully saturated rings. The molecule has 38 heavy (non-hydrogen) atoms. The van der Waals surface area contributed by atoms with Crippen molar-refractivity contribution in [1.29, 1.82) is 0 Å². The van der Waals surface area contributed by atoms with Gasteiger partial charge in [-0.2, -0.15) is 0 Å². The monoisotopic (exact) mass is 535 g/mol. The van der Waals surface area contributed by atoms with E-state index in [2.05, 4.69) is 27.4 Å². The minimum absolute atomic E-state index is 0.218. The Morgan fingerprint density at radius 1 is 0.553 bits per heavy atom. The number of rotatable bonds is 30. The highest BCUT2D eigenvalue weighted by Crippen LogP contribution is 2.21. The van der Waals surface area contributed by atoms with Crippen LogP contribution in [0.3, 0.4) is 0 Å². The standard InChI is InChI=1S/C36H70O2/c1-6-7-8-9-10-11-12-13-14-15-18-21-24-27-30-35(32-38-36(37)34(4)5)31-28-25-22-19-16-17-20-23-26-29-33(2)3/h33,35H,4,6-32H2,1-3,5H3.